The Labute approximate surface area is 136 Å². The molecule has 0 saturated carbocycles. The lowest BCUT2D eigenvalue weighted by Gasteiger charge is -2.06. The van der Waals surface area contributed by atoms with Gasteiger partial charge in [0.15, 0.2) is 0 Å². The molecule has 0 saturated heterocycles. The highest BCUT2D eigenvalue weighted by Gasteiger charge is 1.90. The first-order valence-electron chi connectivity index (χ1n) is 6.07. The van der Waals surface area contributed by atoms with Gasteiger partial charge >= 0.3 is 0 Å². The molecule has 0 atom stereocenters. The fourth-order valence-electron chi connectivity index (χ4n) is 1.15. The van der Waals surface area contributed by atoms with Crippen molar-refractivity contribution in [3.8, 4) is 0 Å². The first-order chi connectivity index (χ1) is 10.7. The van der Waals surface area contributed by atoms with Crippen molar-refractivity contribution in [3.05, 3.63) is 50.6 Å². The molecule has 2 rings (SSSR count). The summed E-state index contributed by atoms with van der Waals surface area (Å²) in [6.45, 7) is 7.19. The molecule has 23 heavy (non-hydrogen) atoms. The van der Waals surface area contributed by atoms with E-state index < -0.39 is 10.4 Å². The Balaban J connectivity index is 0. The number of aromatic nitrogens is 4. The molecule has 0 amide bonds. The van der Waals surface area contributed by atoms with Gasteiger partial charge in [-0.25, -0.2) is 18.3 Å². The SMILES string of the molecule is C=Cn1cc[n+](C)c1.C=Cn1cc[n+](C)c1.CO.O=S(=O)([O-])[O-]. The van der Waals surface area contributed by atoms with E-state index in [0.717, 1.165) is 7.11 Å². The normalized spacial score (nSPS) is 9.13. The Kier molecular flexibility index (Phi) is 12.3. The van der Waals surface area contributed by atoms with E-state index in [1.807, 2.05) is 69.8 Å². The van der Waals surface area contributed by atoms with Crippen LogP contribution >= 0.6 is 0 Å². The summed E-state index contributed by atoms with van der Waals surface area (Å²) in [6.07, 6.45) is 15.2. The van der Waals surface area contributed by atoms with Crippen LogP contribution in [0.3, 0.4) is 0 Å². The molecule has 130 valence electrons. The Hall–Kier alpha value is -2.27. The second-order valence-corrected chi connectivity index (χ2v) is 4.64. The van der Waals surface area contributed by atoms with E-state index >= 15 is 0 Å². The highest BCUT2D eigenvalue weighted by Crippen LogP contribution is 1.80. The van der Waals surface area contributed by atoms with Gasteiger partial charge in [-0.05, 0) is 0 Å². The summed E-state index contributed by atoms with van der Waals surface area (Å²) in [4.78, 5) is 0. The van der Waals surface area contributed by atoms with Crippen LogP contribution in [0.25, 0.3) is 12.4 Å². The van der Waals surface area contributed by atoms with Crippen LogP contribution in [-0.2, 0) is 24.5 Å². The number of imidazole rings is 2. The summed E-state index contributed by atoms with van der Waals surface area (Å²) in [5.41, 5.74) is 0. The standard InChI is InChI=1S/2C6H9N2.CH4O.H2O4S/c2*1-3-8-5-4-7(2)6-8;1-2;1-5(2,3)4/h2*3-6H,1H2,2H3;2H,1H3;(H2,1,2,3,4)/q2*+1;;/p-2. The molecule has 0 aliphatic heterocycles. The lowest BCUT2D eigenvalue weighted by atomic mass is 10.8. The molecule has 9 nitrogen and oxygen atoms in total. The molecular formula is C13H22N4O5S. The van der Waals surface area contributed by atoms with Crippen LogP contribution in [-0.4, -0.2) is 38.9 Å². The van der Waals surface area contributed by atoms with Gasteiger partial charge in [0.1, 0.15) is 24.8 Å². The van der Waals surface area contributed by atoms with Crippen LogP contribution in [0.15, 0.2) is 50.6 Å². The first-order valence-corrected chi connectivity index (χ1v) is 7.41. The maximum atomic E-state index is 8.52. The van der Waals surface area contributed by atoms with Gasteiger partial charge in [0, 0.05) is 17.5 Å². The van der Waals surface area contributed by atoms with E-state index in [2.05, 4.69) is 13.2 Å². The Morgan fingerprint density at radius 3 is 1.30 bits per heavy atom. The van der Waals surface area contributed by atoms with Crippen molar-refractivity contribution in [2.45, 2.75) is 0 Å². The highest BCUT2D eigenvalue weighted by atomic mass is 32.3. The molecule has 2 aromatic rings. The molecule has 0 fully saturated rings. The van der Waals surface area contributed by atoms with Gasteiger partial charge in [0.25, 0.3) is 0 Å². The largest absolute Gasteiger partial charge is 0.759 e. The fourth-order valence-corrected chi connectivity index (χ4v) is 1.15. The summed E-state index contributed by atoms with van der Waals surface area (Å²) >= 11 is 0. The minimum absolute atomic E-state index is 1.00. The molecule has 0 radical (unpaired) electrons. The maximum absolute atomic E-state index is 8.52. The maximum Gasteiger partial charge on any atom is 0.248 e. The van der Waals surface area contributed by atoms with E-state index in [1.165, 1.54) is 0 Å². The van der Waals surface area contributed by atoms with Crippen LogP contribution in [0.4, 0.5) is 0 Å². The quantitative estimate of drug-likeness (QED) is 0.429. The van der Waals surface area contributed by atoms with Crippen molar-refractivity contribution in [3.63, 3.8) is 0 Å². The molecule has 1 N–H and O–H groups in total. The van der Waals surface area contributed by atoms with E-state index in [-0.39, 0.29) is 0 Å². The lowest BCUT2D eigenvalue weighted by Crippen LogP contribution is -2.23. The summed E-state index contributed by atoms with van der Waals surface area (Å²) in [5.74, 6) is 0. The molecule has 2 heterocycles. The van der Waals surface area contributed by atoms with Gasteiger partial charge in [-0.3, -0.25) is 8.42 Å². The first kappa shape index (κ1) is 23.0. The summed E-state index contributed by atoms with van der Waals surface area (Å²) in [6, 6.07) is 0. The van der Waals surface area contributed by atoms with Crippen molar-refractivity contribution >= 4 is 22.8 Å². The molecule has 10 heteroatoms. The number of aliphatic hydroxyl groups is 1. The zero-order valence-corrected chi connectivity index (χ0v) is 14.1. The topological polar surface area (TPSA) is 118 Å². The summed E-state index contributed by atoms with van der Waals surface area (Å²) in [5, 5.41) is 7.00. The van der Waals surface area contributed by atoms with Gasteiger partial charge in [-0.15, -0.1) is 0 Å². The van der Waals surface area contributed by atoms with Crippen molar-refractivity contribution in [2.24, 2.45) is 14.1 Å². The third kappa shape index (κ3) is 15.9. The van der Waals surface area contributed by atoms with E-state index in [0.29, 0.717) is 0 Å². The smallest absolute Gasteiger partial charge is 0.248 e. The second kappa shape index (κ2) is 12.3. The molecule has 0 unspecified atom stereocenters. The van der Waals surface area contributed by atoms with Crippen molar-refractivity contribution in [1.29, 1.82) is 0 Å². The van der Waals surface area contributed by atoms with Crippen molar-refractivity contribution in [1.82, 2.24) is 9.13 Å². The highest BCUT2D eigenvalue weighted by molar-refractivity contribution is 7.79. The van der Waals surface area contributed by atoms with E-state index in [1.54, 1.807) is 12.4 Å². The minimum atomic E-state index is -5.17. The molecular weight excluding hydrogens is 324 g/mol. The number of nitrogens with zero attached hydrogens (tertiary/aromatic N) is 4. The molecule has 0 aliphatic carbocycles. The van der Waals surface area contributed by atoms with Crippen LogP contribution in [0.1, 0.15) is 0 Å². The van der Waals surface area contributed by atoms with Crippen LogP contribution in [0.2, 0.25) is 0 Å². The second-order valence-electron chi connectivity index (χ2n) is 3.83. The van der Waals surface area contributed by atoms with Crippen LogP contribution < -0.4 is 9.13 Å². The molecule has 0 aliphatic rings. The monoisotopic (exact) mass is 346 g/mol. The Morgan fingerprint density at radius 1 is 0.957 bits per heavy atom. The van der Waals surface area contributed by atoms with Crippen LogP contribution in [0, 0.1) is 0 Å². The average Bonchev–Trinajstić information content (AvgIpc) is 3.08. The number of aliphatic hydroxyl groups excluding tert-OH is 1. The Morgan fingerprint density at radius 2 is 1.22 bits per heavy atom. The lowest BCUT2D eigenvalue weighted by molar-refractivity contribution is -0.670. The van der Waals surface area contributed by atoms with E-state index in [9.17, 15) is 0 Å². The zero-order chi connectivity index (χ0) is 18.5. The van der Waals surface area contributed by atoms with Gasteiger partial charge in [-0.2, -0.15) is 0 Å². The van der Waals surface area contributed by atoms with Gasteiger partial charge < -0.3 is 14.2 Å². The third-order valence-corrected chi connectivity index (χ3v) is 2.00. The van der Waals surface area contributed by atoms with Crippen molar-refractivity contribution in [2.75, 3.05) is 7.11 Å². The zero-order valence-electron chi connectivity index (χ0n) is 13.3. The number of hydrogen-bond acceptors (Lipinski definition) is 5. The molecule has 0 spiro atoms. The van der Waals surface area contributed by atoms with E-state index in [4.69, 9.17) is 22.6 Å². The number of aryl methyl sites for hydroxylation is 2. The molecule has 0 bridgehead atoms. The molecule has 2 aromatic heterocycles. The summed E-state index contributed by atoms with van der Waals surface area (Å²) in [7, 11) is -0.222. The van der Waals surface area contributed by atoms with Gasteiger partial charge in [-0.1, -0.05) is 13.2 Å². The average molecular weight is 346 g/mol. The van der Waals surface area contributed by atoms with Gasteiger partial charge in [0.05, 0.1) is 26.5 Å². The minimum Gasteiger partial charge on any atom is -0.759 e. The fraction of sp³-hybridized carbons (Fsp3) is 0.231. The van der Waals surface area contributed by atoms with Crippen molar-refractivity contribution < 1.29 is 31.8 Å². The van der Waals surface area contributed by atoms with Gasteiger partial charge in [0.2, 0.25) is 12.7 Å². The summed E-state index contributed by atoms with van der Waals surface area (Å²) < 4.78 is 41.8. The Bertz CT molecular complexity index is 624. The van der Waals surface area contributed by atoms with Crippen LogP contribution in [0.5, 0.6) is 0 Å². The predicted octanol–water partition coefficient (Wildman–Crippen LogP) is -0.903. The predicted molar refractivity (Wildman–Crippen MR) is 82.6 cm³/mol. The number of hydrogen-bond donors (Lipinski definition) is 1. The molecule has 0 aromatic carbocycles. The third-order valence-electron chi connectivity index (χ3n) is 2.00. The number of rotatable bonds is 2.